The Kier molecular flexibility index (Phi) is 6.68. The number of halogens is 5. The molecule has 8 heteroatoms. The average Bonchev–Trinajstić information content (AvgIpc) is 3.14. The van der Waals surface area contributed by atoms with Gasteiger partial charge in [-0.3, -0.25) is 9.53 Å². The Morgan fingerprint density at radius 3 is 2.06 bits per heavy atom. The van der Waals surface area contributed by atoms with Crippen molar-refractivity contribution in [3.8, 4) is 0 Å². The minimum absolute atomic E-state index is 0.0835. The molecule has 0 amide bonds. The molecule has 3 aromatic rings. The van der Waals surface area contributed by atoms with Gasteiger partial charge in [0, 0.05) is 21.0 Å². The molecule has 168 valence electrons. The molecular formula is C24H20Cl2F3NOS. The molecule has 1 saturated heterocycles. The summed E-state index contributed by atoms with van der Waals surface area (Å²) in [6.45, 7) is 0. The molecule has 3 aromatic carbocycles. The van der Waals surface area contributed by atoms with Crippen LogP contribution < -0.4 is 5.32 Å². The van der Waals surface area contributed by atoms with Gasteiger partial charge in [-0.25, -0.2) is 0 Å². The Bertz CT molecular complexity index is 1090. The average molecular weight is 498 g/mol. The van der Waals surface area contributed by atoms with Crippen molar-refractivity contribution in [2.24, 2.45) is 0 Å². The first-order valence-corrected chi connectivity index (χ1v) is 12.0. The summed E-state index contributed by atoms with van der Waals surface area (Å²) in [6, 6.07) is 20.9. The first-order valence-electron chi connectivity index (χ1n) is 9.99. The SMILES string of the molecule is O=S(c1ccccc1)C1NC(Cc2ccccc2)CC1(c1cc(Cl)cc(Cl)c1)C(F)(F)F. The van der Waals surface area contributed by atoms with Gasteiger partial charge in [0.05, 0.1) is 10.8 Å². The molecule has 2 nitrogen and oxygen atoms in total. The van der Waals surface area contributed by atoms with Gasteiger partial charge in [-0.1, -0.05) is 71.7 Å². The fourth-order valence-corrected chi connectivity index (χ4v) is 6.66. The lowest BCUT2D eigenvalue weighted by atomic mass is 9.76. The summed E-state index contributed by atoms with van der Waals surface area (Å²) in [7, 11) is -1.98. The number of alkyl halides is 3. The molecule has 1 aliphatic heterocycles. The van der Waals surface area contributed by atoms with E-state index in [1.165, 1.54) is 18.2 Å². The Morgan fingerprint density at radius 1 is 0.938 bits per heavy atom. The lowest BCUT2D eigenvalue weighted by molar-refractivity contribution is -0.188. The Labute approximate surface area is 197 Å². The second kappa shape index (κ2) is 9.18. The van der Waals surface area contributed by atoms with Crippen molar-refractivity contribution in [2.45, 2.75) is 40.7 Å². The van der Waals surface area contributed by atoms with Crippen LogP contribution in [-0.4, -0.2) is 21.8 Å². The zero-order valence-corrected chi connectivity index (χ0v) is 19.1. The van der Waals surface area contributed by atoms with Gasteiger partial charge in [0.15, 0.2) is 0 Å². The molecule has 0 radical (unpaired) electrons. The molecule has 0 aliphatic carbocycles. The summed E-state index contributed by atoms with van der Waals surface area (Å²) in [5.41, 5.74) is -1.61. The first-order chi connectivity index (χ1) is 15.2. The highest BCUT2D eigenvalue weighted by Crippen LogP contribution is 2.53. The summed E-state index contributed by atoms with van der Waals surface area (Å²) >= 11 is 12.2. The van der Waals surface area contributed by atoms with Crippen molar-refractivity contribution in [3.05, 3.63) is 100 Å². The van der Waals surface area contributed by atoms with Crippen molar-refractivity contribution >= 4 is 34.0 Å². The third-order valence-electron chi connectivity index (χ3n) is 5.80. The number of nitrogens with one attached hydrogen (secondary N) is 1. The van der Waals surface area contributed by atoms with Gasteiger partial charge in [0.1, 0.15) is 10.8 Å². The first kappa shape index (κ1) is 23.3. The summed E-state index contributed by atoms with van der Waals surface area (Å²) in [4.78, 5) is 0.326. The van der Waals surface area contributed by atoms with E-state index in [0.717, 1.165) is 5.56 Å². The second-order valence-corrected chi connectivity index (χ2v) is 10.3. The van der Waals surface area contributed by atoms with E-state index in [4.69, 9.17) is 23.2 Å². The molecule has 0 spiro atoms. The largest absolute Gasteiger partial charge is 0.400 e. The van der Waals surface area contributed by atoms with E-state index < -0.39 is 33.8 Å². The van der Waals surface area contributed by atoms with Crippen LogP contribution in [0.2, 0.25) is 10.0 Å². The van der Waals surface area contributed by atoms with Crippen molar-refractivity contribution in [1.82, 2.24) is 5.32 Å². The molecule has 4 atom stereocenters. The van der Waals surface area contributed by atoms with Gasteiger partial charge in [0.2, 0.25) is 0 Å². The molecule has 1 fully saturated rings. The van der Waals surface area contributed by atoms with Crippen molar-refractivity contribution in [1.29, 1.82) is 0 Å². The lowest BCUT2D eigenvalue weighted by Crippen LogP contribution is -2.53. The van der Waals surface area contributed by atoms with E-state index in [2.05, 4.69) is 5.32 Å². The molecule has 1 N–H and O–H groups in total. The maximum Gasteiger partial charge on any atom is 0.400 e. The lowest BCUT2D eigenvalue weighted by Gasteiger charge is -2.37. The Hall–Kier alpha value is -1.86. The maximum atomic E-state index is 14.9. The van der Waals surface area contributed by atoms with Crippen LogP contribution in [0.25, 0.3) is 0 Å². The molecule has 1 heterocycles. The third-order valence-corrected chi connectivity index (χ3v) is 7.94. The summed E-state index contributed by atoms with van der Waals surface area (Å²) in [5, 5.41) is 1.86. The van der Waals surface area contributed by atoms with E-state index in [-0.39, 0.29) is 22.0 Å². The number of hydrogen-bond acceptors (Lipinski definition) is 2. The molecule has 4 unspecified atom stereocenters. The molecule has 0 saturated carbocycles. The highest BCUT2D eigenvalue weighted by molar-refractivity contribution is 7.85. The summed E-state index contributed by atoms with van der Waals surface area (Å²) in [6.07, 6.45) is -4.62. The predicted octanol–water partition coefficient (Wildman–Crippen LogP) is 6.53. The van der Waals surface area contributed by atoms with E-state index in [0.29, 0.717) is 11.3 Å². The zero-order valence-electron chi connectivity index (χ0n) is 16.8. The van der Waals surface area contributed by atoms with Gasteiger partial charge >= 0.3 is 6.18 Å². The summed E-state index contributed by atoms with van der Waals surface area (Å²) < 4.78 is 58.4. The second-order valence-electron chi connectivity index (χ2n) is 7.88. The highest BCUT2D eigenvalue weighted by Gasteiger charge is 2.66. The van der Waals surface area contributed by atoms with Crippen molar-refractivity contribution in [3.63, 3.8) is 0 Å². The standard InChI is InChI=1S/C24H20Cl2F3NOS/c25-18-12-17(13-19(26)14-18)23(24(27,28)29)15-20(11-16-7-3-1-4-8-16)30-22(23)32(31)21-9-5-2-6-10-21/h1-10,12-14,20,22,30H,11,15H2. The number of hydrogen-bond donors (Lipinski definition) is 1. The van der Waals surface area contributed by atoms with Crippen LogP contribution >= 0.6 is 23.2 Å². The van der Waals surface area contributed by atoms with Gasteiger partial charge in [-0.05, 0) is 54.3 Å². The minimum Gasteiger partial charge on any atom is -0.299 e. The van der Waals surface area contributed by atoms with E-state index >= 15 is 0 Å². The van der Waals surface area contributed by atoms with Crippen molar-refractivity contribution in [2.75, 3.05) is 0 Å². The van der Waals surface area contributed by atoms with Crippen LogP contribution in [0.1, 0.15) is 17.5 Å². The minimum atomic E-state index is -4.70. The molecule has 4 rings (SSSR count). The molecule has 1 aliphatic rings. The molecule has 0 aromatic heterocycles. The monoisotopic (exact) mass is 497 g/mol. The molecule has 32 heavy (non-hydrogen) atoms. The quantitative estimate of drug-likeness (QED) is 0.433. The van der Waals surface area contributed by atoms with Gasteiger partial charge in [0.25, 0.3) is 0 Å². The van der Waals surface area contributed by atoms with Crippen LogP contribution in [0, 0.1) is 0 Å². The number of benzene rings is 3. The van der Waals surface area contributed by atoms with Gasteiger partial charge in [-0.15, -0.1) is 0 Å². The normalized spacial score (nSPS) is 24.4. The topological polar surface area (TPSA) is 29.1 Å². The smallest absolute Gasteiger partial charge is 0.299 e. The van der Waals surface area contributed by atoms with Gasteiger partial charge < -0.3 is 0 Å². The fraction of sp³-hybridized carbons (Fsp3) is 0.250. The Balaban J connectivity index is 1.85. The Morgan fingerprint density at radius 2 is 1.50 bits per heavy atom. The number of rotatable bonds is 5. The van der Waals surface area contributed by atoms with Crippen LogP contribution in [-0.2, 0) is 22.6 Å². The van der Waals surface area contributed by atoms with Crippen LogP contribution in [0.3, 0.4) is 0 Å². The summed E-state index contributed by atoms with van der Waals surface area (Å²) in [5.74, 6) is 0. The van der Waals surface area contributed by atoms with E-state index in [1.807, 2.05) is 30.3 Å². The highest BCUT2D eigenvalue weighted by atomic mass is 35.5. The third kappa shape index (κ3) is 4.46. The molecule has 0 bridgehead atoms. The molecular weight excluding hydrogens is 478 g/mol. The fourth-order valence-electron chi connectivity index (χ4n) is 4.38. The predicted molar refractivity (Wildman–Crippen MR) is 123 cm³/mol. The van der Waals surface area contributed by atoms with Crippen molar-refractivity contribution < 1.29 is 17.4 Å². The van der Waals surface area contributed by atoms with Gasteiger partial charge in [-0.2, -0.15) is 13.2 Å². The zero-order chi connectivity index (χ0) is 22.9. The van der Waals surface area contributed by atoms with Crippen LogP contribution in [0.4, 0.5) is 13.2 Å². The van der Waals surface area contributed by atoms with E-state index in [9.17, 15) is 17.4 Å². The maximum absolute atomic E-state index is 14.9. The van der Waals surface area contributed by atoms with Crippen LogP contribution in [0.15, 0.2) is 83.8 Å². The van der Waals surface area contributed by atoms with Crippen LogP contribution in [0.5, 0.6) is 0 Å². The van der Waals surface area contributed by atoms with E-state index in [1.54, 1.807) is 30.3 Å².